The number of aliphatic hydroxyl groups is 1. The smallest absolute Gasteiger partial charge is 0.0612 e. The van der Waals surface area contributed by atoms with Gasteiger partial charge in [0.1, 0.15) is 0 Å². The summed E-state index contributed by atoms with van der Waals surface area (Å²) < 4.78 is 30.4. The van der Waals surface area contributed by atoms with Crippen LogP contribution in [0.4, 0.5) is 0 Å². The average Bonchev–Trinajstić information content (AvgIpc) is 2.47. The monoisotopic (exact) mass is 244 g/mol. The maximum absolute atomic E-state index is 8.78. The van der Waals surface area contributed by atoms with Crippen LogP contribution >= 0.6 is 0 Å². The maximum atomic E-state index is 8.78. The molecule has 0 fully saturated rings. The second-order valence-corrected chi connectivity index (χ2v) is 4.57. The zero-order chi connectivity index (χ0) is 16.1. The molecule has 0 aromatic heterocycles. The van der Waals surface area contributed by atoms with Gasteiger partial charge >= 0.3 is 0 Å². The van der Waals surface area contributed by atoms with Crippen LogP contribution in [0.3, 0.4) is 0 Å². The van der Waals surface area contributed by atoms with Gasteiger partial charge in [0.15, 0.2) is 0 Å². The zero-order valence-electron chi connectivity index (χ0n) is 15.4. The number of allylic oxidation sites excluding steroid dienone is 1. The van der Waals surface area contributed by atoms with Crippen molar-refractivity contribution in [3.8, 4) is 0 Å². The molecule has 0 radical (unpaired) electrons. The lowest BCUT2D eigenvalue weighted by Gasteiger charge is -2.01. The van der Waals surface area contributed by atoms with Gasteiger partial charge in [-0.2, -0.15) is 0 Å². The molecule has 0 aliphatic heterocycles. The van der Waals surface area contributed by atoms with Crippen LogP contribution in [0.15, 0.2) is 12.1 Å². The van der Waals surface area contributed by atoms with Crippen LogP contribution in [0, 0.1) is 0 Å². The second kappa shape index (κ2) is 15.7. The summed E-state index contributed by atoms with van der Waals surface area (Å²) in [6.07, 6.45) is 10.4. The van der Waals surface area contributed by atoms with Gasteiger partial charge in [0.25, 0.3) is 0 Å². The van der Waals surface area contributed by atoms with Crippen LogP contribution in [0.2, 0.25) is 0 Å². The first-order chi connectivity index (χ1) is 9.95. The van der Waals surface area contributed by atoms with Crippen molar-refractivity contribution in [3.05, 3.63) is 12.1 Å². The number of unbranched alkanes of at least 4 members (excludes halogenated alkanes) is 9. The summed E-state index contributed by atoms with van der Waals surface area (Å²) in [6, 6.07) is -0.687. The van der Waals surface area contributed by atoms with Crippen molar-refractivity contribution in [1.29, 1.82) is 0 Å². The molecule has 0 aliphatic rings. The third-order valence-electron chi connectivity index (χ3n) is 2.91. The number of rotatable bonds is 13. The van der Waals surface area contributed by atoms with Crippen molar-refractivity contribution < 1.29 is 10.6 Å². The highest BCUT2D eigenvalue weighted by molar-refractivity contribution is 4.80. The molecule has 0 heterocycles. The lowest BCUT2D eigenvalue weighted by molar-refractivity contribution is 0.342. The molecule has 17 heavy (non-hydrogen) atoms. The Labute approximate surface area is 114 Å². The number of aliphatic hydroxyl groups excluding tert-OH is 1. The third kappa shape index (κ3) is 15.7. The zero-order valence-corrected chi connectivity index (χ0v) is 11.4. The third-order valence-corrected chi connectivity index (χ3v) is 2.91. The molecule has 0 unspecified atom stereocenters. The molecule has 0 spiro atoms. The second-order valence-electron chi connectivity index (χ2n) is 4.57. The van der Waals surface area contributed by atoms with Crippen molar-refractivity contribution in [2.75, 3.05) is 6.61 Å². The summed E-state index contributed by atoms with van der Waals surface area (Å²) in [5, 5.41) is 8.78. The van der Waals surface area contributed by atoms with Crippen molar-refractivity contribution in [3.63, 3.8) is 0 Å². The van der Waals surface area contributed by atoms with Crippen LogP contribution < -0.4 is 0 Å². The predicted molar refractivity (Wildman–Crippen MR) is 77.3 cm³/mol. The van der Waals surface area contributed by atoms with Crippen LogP contribution in [-0.4, -0.2) is 11.7 Å². The molecule has 0 atom stereocenters. The van der Waals surface area contributed by atoms with E-state index in [1.54, 1.807) is 0 Å². The van der Waals surface area contributed by atoms with E-state index in [0.29, 0.717) is 0 Å². The summed E-state index contributed by atoms with van der Waals surface area (Å²) in [4.78, 5) is 0. The van der Waals surface area contributed by atoms with Crippen LogP contribution in [0.5, 0.6) is 0 Å². The Morgan fingerprint density at radius 1 is 0.824 bits per heavy atom. The molecule has 0 aromatic rings. The van der Waals surface area contributed by atoms with E-state index in [2.05, 4.69) is 6.92 Å². The van der Waals surface area contributed by atoms with Gasteiger partial charge in [-0.05, 0) is 12.8 Å². The fourth-order valence-electron chi connectivity index (χ4n) is 1.87. The standard InChI is InChI=1S/C16H32O/c1-2-3-4-5-6-7-8-9-10-11-12-13-14-15-16-17/h14-15,17H,2-13,16H2,1H3/b15-14+/i13D2,14D,15D. The average molecular weight is 244 g/mol. The molecule has 1 heteroatoms. The minimum absolute atomic E-state index is 0.269. The van der Waals surface area contributed by atoms with E-state index >= 15 is 0 Å². The highest BCUT2D eigenvalue weighted by Crippen LogP contribution is 2.11. The fraction of sp³-hybridized carbons (Fsp3) is 0.875. The Balaban J connectivity index is 3.62. The van der Waals surface area contributed by atoms with E-state index in [9.17, 15) is 0 Å². The van der Waals surface area contributed by atoms with Gasteiger partial charge in [-0.1, -0.05) is 83.2 Å². The van der Waals surface area contributed by atoms with Crippen LogP contribution in [0.1, 0.15) is 89.4 Å². The van der Waals surface area contributed by atoms with Gasteiger partial charge in [-0.3, -0.25) is 0 Å². The molecule has 0 saturated heterocycles. The topological polar surface area (TPSA) is 20.2 Å². The Morgan fingerprint density at radius 2 is 1.29 bits per heavy atom. The van der Waals surface area contributed by atoms with E-state index in [4.69, 9.17) is 10.6 Å². The maximum Gasteiger partial charge on any atom is 0.0612 e. The number of hydrogen-bond donors (Lipinski definition) is 1. The van der Waals surface area contributed by atoms with Gasteiger partial charge < -0.3 is 5.11 Å². The first-order valence-electron chi connectivity index (χ1n) is 9.23. The first-order valence-corrected chi connectivity index (χ1v) is 7.23. The van der Waals surface area contributed by atoms with E-state index < -0.39 is 13.0 Å². The Kier molecular flexibility index (Phi) is 9.80. The molecular weight excluding hydrogens is 208 g/mol. The molecule has 0 aromatic carbocycles. The minimum atomic E-state index is -1.78. The molecule has 0 rings (SSSR count). The summed E-state index contributed by atoms with van der Waals surface area (Å²) in [7, 11) is 0. The van der Waals surface area contributed by atoms with Crippen molar-refractivity contribution in [1.82, 2.24) is 0 Å². The van der Waals surface area contributed by atoms with Crippen molar-refractivity contribution >= 4 is 0 Å². The van der Waals surface area contributed by atoms with E-state index in [1.807, 2.05) is 0 Å². The Bertz CT molecular complexity index is 290. The van der Waals surface area contributed by atoms with Gasteiger partial charge in [0.05, 0.1) is 9.35 Å². The quantitative estimate of drug-likeness (QED) is 0.347. The van der Waals surface area contributed by atoms with E-state index in [-0.39, 0.29) is 18.5 Å². The molecule has 0 bridgehead atoms. The molecule has 0 saturated carbocycles. The Morgan fingerprint density at radius 3 is 1.76 bits per heavy atom. The van der Waals surface area contributed by atoms with Gasteiger partial charge in [-0.25, -0.2) is 0 Å². The molecule has 1 nitrogen and oxygen atoms in total. The highest BCUT2D eigenvalue weighted by atomic mass is 16.2. The lowest BCUT2D eigenvalue weighted by atomic mass is 10.1. The van der Waals surface area contributed by atoms with E-state index in [1.165, 1.54) is 44.9 Å². The van der Waals surface area contributed by atoms with E-state index in [0.717, 1.165) is 19.3 Å². The SMILES string of the molecule is [2H]/C(CO)=C(/[2H])C([2H])([2H])CCCCCCCCCCCC. The Hall–Kier alpha value is -0.300. The summed E-state index contributed by atoms with van der Waals surface area (Å²) in [5.74, 6) is 0. The largest absolute Gasteiger partial charge is 0.392 e. The normalized spacial score (nSPS) is 16.8. The summed E-state index contributed by atoms with van der Waals surface area (Å²) >= 11 is 0. The molecule has 0 amide bonds. The molecule has 102 valence electrons. The fourth-order valence-corrected chi connectivity index (χ4v) is 1.87. The number of hydrogen-bond acceptors (Lipinski definition) is 1. The molecular formula is C16H32O. The summed E-state index contributed by atoms with van der Waals surface area (Å²) in [6.45, 7) is 1.66. The first kappa shape index (κ1) is 10.6. The highest BCUT2D eigenvalue weighted by Gasteiger charge is 1.92. The van der Waals surface area contributed by atoms with Gasteiger partial charge in [0.2, 0.25) is 0 Å². The van der Waals surface area contributed by atoms with Crippen LogP contribution in [0.25, 0.3) is 0 Å². The summed E-state index contributed by atoms with van der Waals surface area (Å²) in [5.41, 5.74) is 0. The lowest BCUT2D eigenvalue weighted by Crippen LogP contribution is -1.82. The van der Waals surface area contributed by atoms with Crippen LogP contribution in [-0.2, 0) is 0 Å². The molecule has 1 N–H and O–H groups in total. The van der Waals surface area contributed by atoms with Gasteiger partial charge in [-0.15, -0.1) is 0 Å². The minimum Gasteiger partial charge on any atom is -0.392 e. The van der Waals surface area contributed by atoms with Crippen molar-refractivity contribution in [2.45, 2.75) is 83.9 Å². The van der Waals surface area contributed by atoms with Gasteiger partial charge in [0, 0.05) is 2.74 Å². The molecule has 0 aliphatic carbocycles. The predicted octanol–water partition coefficient (Wildman–Crippen LogP) is 5.24. The van der Waals surface area contributed by atoms with Crippen molar-refractivity contribution in [2.24, 2.45) is 0 Å².